The van der Waals surface area contributed by atoms with Gasteiger partial charge in [-0.25, -0.2) is 5.26 Å². The van der Waals surface area contributed by atoms with E-state index in [4.69, 9.17) is 15.9 Å². The van der Waals surface area contributed by atoms with E-state index in [0.29, 0.717) is 0 Å². The van der Waals surface area contributed by atoms with Gasteiger partial charge in [0.05, 0.1) is 0 Å². The molecule has 0 radical (unpaired) electrons. The summed E-state index contributed by atoms with van der Waals surface area (Å²) in [5, 5.41) is 23.2. The van der Waals surface area contributed by atoms with E-state index in [-0.39, 0.29) is 69.8 Å². The van der Waals surface area contributed by atoms with Crippen LogP contribution in [0.5, 0.6) is 0 Å². The molecule has 0 aromatic heterocycles. The molecule has 0 heterocycles. The fourth-order valence-electron chi connectivity index (χ4n) is 0. The van der Waals surface area contributed by atoms with Crippen molar-refractivity contribution in [1.82, 2.24) is 0 Å². The van der Waals surface area contributed by atoms with Crippen LogP contribution in [0.4, 0.5) is 0 Å². The first-order valence-corrected chi connectivity index (χ1v) is 2.56. The third-order valence-corrected chi connectivity index (χ3v) is 0. The van der Waals surface area contributed by atoms with Crippen LogP contribution in [0.15, 0.2) is 0 Å². The van der Waals surface area contributed by atoms with Gasteiger partial charge in [0.2, 0.25) is 0 Å². The fraction of sp³-hybridized carbons (Fsp3) is 0. The third-order valence-electron chi connectivity index (χ3n) is 0. The molecule has 0 rings (SSSR count). The molecule has 0 aromatic carbocycles. The number of nitriles is 2. The molecule has 0 aliphatic heterocycles. The smallest absolute Gasteiger partial charge is 0.696 e. The zero-order valence-corrected chi connectivity index (χ0v) is 12.0. The number of guanidine groups is 1. The van der Waals surface area contributed by atoms with E-state index < -0.39 is 0 Å². The summed E-state index contributed by atoms with van der Waals surface area (Å²) in [6.45, 7) is 0. The first-order chi connectivity index (χ1) is 4.56. The molecule has 0 aliphatic carbocycles. The van der Waals surface area contributed by atoms with Crippen LogP contribution in [0.3, 0.4) is 0 Å². The number of nitrogens with two attached hydrogens (primary N) is 2. The molecule has 9 heteroatoms. The van der Waals surface area contributed by atoms with Crippen LogP contribution in [-0.2, 0) is 12.6 Å². The number of rotatable bonds is 0. The second-order valence-corrected chi connectivity index (χ2v) is 1.03. The summed E-state index contributed by atoms with van der Waals surface area (Å²) in [5.41, 5.74) is 8.94. The molecule has 0 unspecified atom stereocenters. The van der Waals surface area contributed by atoms with Crippen LogP contribution < -0.4 is 62.9 Å². The average molecular weight is 252 g/mol. The molecule has 64 valence electrons. The SMILES string of the molecule is Cl.N#CS.N#C[S-].N=C(N)N.[K+]. The summed E-state index contributed by atoms with van der Waals surface area (Å²) in [4.78, 5) is 0. The molecule has 0 aromatic rings. The molecule has 0 saturated heterocycles. The van der Waals surface area contributed by atoms with Crippen molar-refractivity contribution in [1.29, 1.82) is 15.9 Å². The van der Waals surface area contributed by atoms with Gasteiger partial charge in [-0.2, -0.15) is 5.26 Å². The third kappa shape index (κ3) is 1830. The number of thiocyanates is 2. The predicted molar refractivity (Wildman–Crippen MR) is 50.9 cm³/mol. The van der Waals surface area contributed by atoms with Gasteiger partial charge in [0, 0.05) is 0 Å². The molecular formula is C3H7ClKN5S2. The van der Waals surface area contributed by atoms with E-state index in [1.54, 1.807) is 0 Å². The van der Waals surface area contributed by atoms with Crippen LogP contribution in [0.1, 0.15) is 0 Å². The summed E-state index contributed by atoms with van der Waals surface area (Å²) < 4.78 is 0. The van der Waals surface area contributed by atoms with Crippen molar-refractivity contribution in [3.8, 4) is 10.8 Å². The quantitative estimate of drug-likeness (QED) is 0.0896. The summed E-state index contributed by atoms with van der Waals surface area (Å²) in [5.74, 6) is -0.333. The van der Waals surface area contributed by atoms with E-state index in [0.717, 1.165) is 0 Å². The summed E-state index contributed by atoms with van der Waals surface area (Å²) >= 11 is 6.79. The van der Waals surface area contributed by atoms with Gasteiger partial charge in [-0.3, -0.25) is 5.41 Å². The molecule has 0 bridgehead atoms. The minimum Gasteiger partial charge on any atom is -0.696 e. The molecule has 5 N–H and O–H groups in total. The van der Waals surface area contributed by atoms with Crippen molar-refractivity contribution in [3.63, 3.8) is 0 Å². The van der Waals surface area contributed by atoms with Crippen molar-refractivity contribution in [2.24, 2.45) is 11.5 Å². The number of halogens is 1. The Morgan fingerprint density at radius 2 is 1.42 bits per heavy atom. The van der Waals surface area contributed by atoms with Gasteiger partial charge in [0.1, 0.15) is 5.40 Å². The fourth-order valence-corrected chi connectivity index (χ4v) is 0. The first-order valence-electron chi connectivity index (χ1n) is 1.70. The number of hydrogen-bond donors (Lipinski definition) is 4. The van der Waals surface area contributed by atoms with E-state index in [9.17, 15) is 0 Å². The largest absolute Gasteiger partial charge is 1.00 e. The number of hydrogen-bond acceptors (Lipinski definition) is 5. The number of nitrogens with zero attached hydrogens (tertiary/aromatic N) is 2. The number of nitrogens with one attached hydrogen (secondary N) is 1. The molecule has 0 atom stereocenters. The average Bonchev–Trinajstić information content (AvgIpc) is 1.65. The van der Waals surface area contributed by atoms with Gasteiger partial charge >= 0.3 is 51.4 Å². The minimum atomic E-state index is -0.333. The molecule has 0 saturated carbocycles. The second-order valence-electron chi connectivity index (χ2n) is 0.647. The first kappa shape index (κ1) is 29.3. The minimum absolute atomic E-state index is 0. The monoisotopic (exact) mass is 251 g/mol. The standard InChI is InChI=1S/CH5N3.2CHNS.ClH.K/c2-1(3)4;2*2-1-3;;/h(H5,2,3,4);2*3H;1H;/q;;;;+1/p-1. The van der Waals surface area contributed by atoms with Crippen molar-refractivity contribution >= 4 is 43.6 Å². The Morgan fingerprint density at radius 3 is 1.42 bits per heavy atom. The van der Waals surface area contributed by atoms with Gasteiger partial charge < -0.3 is 24.1 Å². The van der Waals surface area contributed by atoms with Crippen molar-refractivity contribution in [2.45, 2.75) is 0 Å². The summed E-state index contributed by atoms with van der Waals surface area (Å²) in [6, 6.07) is 0. The molecule has 0 aliphatic rings. The van der Waals surface area contributed by atoms with Crippen LogP contribution in [0.25, 0.3) is 0 Å². The van der Waals surface area contributed by atoms with Gasteiger partial charge in [0.15, 0.2) is 5.96 Å². The Balaban J connectivity index is -0.0000000191. The van der Waals surface area contributed by atoms with Crippen molar-refractivity contribution < 1.29 is 51.4 Å². The molecule has 0 fully saturated rings. The Bertz CT molecular complexity index is 136. The second kappa shape index (κ2) is 41.1. The van der Waals surface area contributed by atoms with Crippen LogP contribution in [0, 0.1) is 26.7 Å². The topological polar surface area (TPSA) is 123 Å². The predicted octanol–water partition coefficient (Wildman–Crippen LogP) is -3.32. The van der Waals surface area contributed by atoms with E-state index in [1.807, 2.05) is 0 Å². The normalized spacial score (nSPS) is 3.25. The molecule has 0 amide bonds. The van der Waals surface area contributed by atoms with Crippen LogP contribution in [0.2, 0.25) is 0 Å². The Labute approximate surface area is 131 Å². The maximum absolute atomic E-state index is 7.18. The van der Waals surface area contributed by atoms with Gasteiger partial charge in [-0.15, -0.1) is 12.4 Å². The van der Waals surface area contributed by atoms with E-state index in [1.165, 1.54) is 10.8 Å². The van der Waals surface area contributed by atoms with Gasteiger partial charge in [0.25, 0.3) is 0 Å². The molecule has 5 nitrogen and oxygen atoms in total. The van der Waals surface area contributed by atoms with Gasteiger partial charge in [-0.1, -0.05) is 18.0 Å². The Morgan fingerprint density at radius 1 is 1.42 bits per heavy atom. The van der Waals surface area contributed by atoms with Crippen LogP contribution >= 0.6 is 25.0 Å². The van der Waals surface area contributed by atoms with E-state index >= 15 is 0 Å². The van der Waals surface area contributed by atoms with E-state index in [2.05, 4.69) is 36.7 Å². The van der Waals surface area contributed by atoms with Gasteiger partial charge in [-0.05, 0) is 0 Å². The summed E-state index contributed by atoms with van der Waals surface area (Å²) in [7, 11) is 0. The number of thiol groups is 1. The van der Waals surface area contributed by atoms with Crippen molar-refractivity contribution in [3.05, 3.63) is 0 Å². The Kier molecular flexibility index (Phi) is 100. The molecule has 0 spiro atoms. The summed E-state index contributed by atoms with van der Waals surface area (Å²) in [6.07, 6.45) is 0. The molecule has 12 heavy (non-hydrogen) atoms. The van der Waals surface area contributed by atoms with Crippen LogP contribution in [-0.4, -0.2) is 5.96 Å². The van der Waals surface area contributed by atoms with Crippen molar-refractivity contribution in [2.75, 3.05) is 0 Å². The zero-order chi connectivity index (χ0) is 8.99. The molecular weight excluding hydrogens is 245 g/mol. The zero-order valence-electron chi connectivity index (χ0n) is 6.31. The maximum atomic E-state index is 7.18. The Hall–Kier alpha value is 0.746. The maximum Gasteiger partial charge on any atom is 1.00 e.